The van der Waals surface area contributed by atoms with Crippen molar-refractivity contribution in [1.29, 1.82) is 0 Å². The maximum atomic E-state index is 13.0. The van der Waals surface area contributed by atoms with Crippen LogP contribution in [0.2, 0.25) is 0 Å². The van der Waals surface area contributed by atoms with Gasteiger partial charge in [-0.15, -0.1) is 0 Å². The summed E-state index contributed by atoms with van der Waals surface area (Å²) in [7, 11) is -3.77. The zero-order valence-electron chi connectivity index (χ0n) is 14.9. The summed E-state index contributed by atoms with van der Waals surface area (Å²) in [6, 6.07) is 10.5. The lowest BCUT2D eigenvalue weighted by Gasteiger charge is -2.20. The molecule has 0 aliphatic rings. The normalized spacial score (nSPS) is 13.5. The van der Waals surface area contributed by atoms with Gasteiger partial charge < -0.3 is 5.21 Å². The van der Waals surface area contributed by atoms with E-state index in [0.29, 0.717) is 10.6 Å². The number of aromatic nitrogens is 1. The molecule has 0 radical (unpaired) electrons. The summed E-state index contributed by atoms with van der Waals surface area (Å²) in [5.74, 6) is 0.509. The van der Waals surface area contributed by atoms with Gasteiger partial charge in [0.25, 0.3) is 0 Å². The Kier molecular flexibility index (Phi) is 5.33. The van der Waals surface area contributed by atoms with Crippen LogP contribution in [0.1, 0.15) is 68.4 Å². The molecule has 0 fully saturated rings. The second-order valence-corrected chi connectivity index (χ2v) is 8.97. The first-order valence-corrected chi connectivity index (χ1v) is 9.76. The average molecular weight is 347 g/mol. The van der Waals surface area contributed by atoms with Crippen molar-refractivity contribution < 1.29 is 13.1 Å². The smallest absolute Gasteiger partial charge is 0.309 e. The van der Waals surface area contributed by atoms with Gasteiger partial charge in [-0.2, -0.15) is 4.73 Å². The fraction of sp³-hybridized carbons (Fsp3) is 0.421. The highest BCUT2D eigenvalue weighted by Crippen LogP contribution is 2.34. The van der Waals surface area contributed by atoms with E-state index in [1.54, 1.807) is 13.0 Å². The van der Waals surface area contributed by atoms with E-state index >= 15 is 0 Å². The second-order valence-electron chi connectivity index (χ2n) is 6.75. The van der Waals surface area contributed by atoms with Gasteiger partial charge in [-0.05, 0) is 41.5 Å². The molecule has 4 nitrogen and oxygen atoms in total. The third-order valence-electron chi connectivity index (χ3n) is 4.38. The lowest BCUT2D eigenvalue weighted by molar-refractivity contribution is -0.646. The second kappa shape index (κ2) is 6.93. The SMILES string of the molecule is CC(C)c1ccc(C(C)C)c(C(C)S(=O)(=O)c2cccc[n+]2[O-])c1. The minimum Gasteiger partial charge on any atom is -0.618 e. The van der Waals surface area contributed by atoms with Gasteiger partial charge in [-0.1, -0.05) is 45.9 Å². The quantitative estimate of drug-likeness (QED) is 0.604. The summed E-state index contributed by atoms with van der Waals surface area (Å²) in [6.45, 7) is 9.91. The summed E-state index contributed by atoms with van der Waals surface area (Å²) in [4.78, 5) is 0. The molecule has 0 spiro atoms. The van der Waals surface area contributed by atoms with Crippen LogP contribution >= 0.6 is 0 Å². The van der Waals surface area contributed by atoms with E-state index in [0.717, 1.165) is 16.7 Å². The monoisotopic (exact) mass is 347 g/mol. The summed E-state index contributed by atoms with van der Waals surface area (Å²) in [6.07, 6.45) is 1.22. The molecule has 1 unspecified atom stereocenters. The van der Waals surface area contributed by atoms with Gasteiger partial charge in [-0.3, -0.25) is 0 Å². The molecule has 0 aliphatic carbocycles. The zero-order valence-corrected chi connectivity index (χ0v) is 15.7. The van der Waals surface area contributed by atoms with Crippen molar-refractivity contribution in [1.82, 2.24) is 0 Å². The third-order valence-corrected chi connectivity index (χ3v) is 6.47. The molecule has 1 atom stereocenters. The number of pyridine rings is 1. The largest absolute Gasteiger partial charge is 0.618 e. The van der Waals surface area contributed by atoms with Crippen LogP contribution in [0, 0.1) is 5.21 Å². The van der Waals surface area contributed by atoms with Crippen LogP contribution in [0.15, 0.2) is 47.6 Å². The van der Waals surface area contributed by atoms with Crippen LogP contribution in [-0.2, 0) is 9.84 Å². The first kappa shape index (κ1) is 18.5. The van der Waals surface area contributed by atoms with Crippen molar-refractivity contribution in [2.75, 3.05) is 0 Å². The molecule has 24 heavy (non-hydrogen) atoms. The van der Waals surface area contributed by atoms with Crippen molar-refractivity contribution in [3.8, 4) is 0 Å². The van der Waals surface area contributed by atoms with Crippen molar-refractivity contribution >= 4 is 9.84 Å². The van der Waals surface area contributed by atoms with Gasteiger partial charge in [0.15, 0.2) is 6.20 Å². The molecule has 0 saturated heterocycles. The minimum absolute atomic E-state index is 0.203. The first-order valence-electron chi connectivity index (χ1n) is 8.22. The van der Waals surface area contributed by atoms with Gasteiger partial charge >= 0.3 is 5.03 Å². The Bertz CT molecular complexity index is 826. The third kappa shape index (κ3) is 3.46. The molecule has 2 rings (SSSR count). The summed E-state index contributed by atoms with van der Waals surface area (Å²) in [5.41, 5.74) is 2.88. The predicted octanol–water partition coefficient (Wildman–Crippen LogP) is 4.10. The van der Waals surface area contributed by atoms with Gasteiger partial charge in [0.05, 0.1) is 5.25 Å². The Hall–Kier alpha value is -1.88. The van der Waals surface area contributed by atoms with Crippen molar-refractivity contribution in [3.05, 3.63) is 64.5 Å². The van der Waals surface area contributed by atoms with Crippen molar-refractivity contribution in [3.63, 3.8) is 0 Å². The standard InChI is InChI=1S/C19H25NO3S/c1-13(2)16-9-10-17(14(3)4)18(12-16)15(5)24(22,23)19-8-6-7-11-20(19)21/h6-15H,1-5H3. The van der Waals surface area contributed by atoms with Gasteiger partial charge in [-0.25, -0.2) is 8.42 Å². The molecule has 1 heterocycles. The van der Waals surface area contributed by atoms with E-state index in [2.05, 4.69) is 19.9 Å². The Labute approximate surface area is 144 Å². The highest BCUT2D eigenvalue weighted by Gasteiger charge is 2.33. The predicted molar refractivity (Wildman–Crippen MR) is 95.6 cm³/mol. The minimum atomic E-state index is -3.77. The van der Waals surface area contributed by atoms with Gasteiger partial charge in [0.1, 0.15) is 0 Å². The van der Waals surface area contributed by atoms with Crippen LogP contribution < -0.4 is 4.73 Å². The van der Waals surface area contributed by atoms with Crippen LogP contribution in [-0.4, -0.2) is 8.42 Å². The Morgan fingerprint density at radius 2 is 1.58 bits per heavy atom. The average Bonchev–Trinajstić information content (AvgIpc) is 2.53. The molecule has 0 amide bonds. The lowest BCUT2D eigenvalue weighted by Crippen LogP contribution is -2.34. The number of benzene rings is 1. The molecule has 0 bridgehead atoms. The van der Waals surface area contributed by atoms with E-state index in [1.807, 2.05) is 26.0 Å². The highest BCUT2D eigenvalue weighted by molar-refractivity contribution is 7.91. The van der Waals surface area contributed by atoms with Crippen LogP contribution in [0.3, 0.4) is 0 Å². The van der Waals surface area contributed by atoms with Crippen LogP contribution in [0.25, 0.3) is 0 Å². The molecular weight excluding hydrogens is 322 g/mol. The maximum absolute atomic E-state index is 13.0. The Balaban J connectivity index is 2.61. The lowest BCUT2D eigenvalue weighted by atomic mass is 9.91. The molecule has 5 heteroatoms. The molecule has 1 aromatic heterocycles. The van der Waals surface area contributed by atoms with Gasteiger partial charge in [0, 0.05) is 12.1 Å². The zero-order chi connectivity index (χ0) is 18.1. The Morgan fingerprint density at radius 1 is 0.917 bits per heavy atom. The number of nitrogens with zero attached hydrogens (tertiary/aromatic N) is 1. The molecule has 2 aromatic rings. The van der Waals surface area contributed by atoms with Crippen LogP contribution in [0.4, 0.5) is 0 Å². The summed E-state index contributed by atoms with van der Waals surface area (Å²) in [5, 5.41) is 10.9. The first-order chi connectivity index (χ1) is 11.2. The fourth-order valence-electron chi connectivity index (χ4n) is 2.81. The maximum Gasteiger partial charge on any atom is 0.309 e. The van der Waals surface area contributed by atoms with Crippen molar-refractivity contribution in [2.45, 2.75) is 56.7 Å². The molecule has 130 valence electrons. The van der Waals surface area contributed by atoms with Crippen molar-refractivity contribution in [2.24, 2.45) is 0 Å². The molecule has 0 N–H and O–H groups in total. The van der Waals surface area contributed by atoms with E-state index in [-0.39, 0.29) is 10.9 Å². The number of rotatable bonds is 5. The topological polar surface area (TPSA) is 61.1 Å². The molecule has 0 saturated carbocycles. The summed E-state index contributed by atoms with van der Waals surface area (Å²) < 4.78 is 26.4. The molecular formula is C19H25NO3S. The van der Waals surface area contributed by atoms with E-state index < -0.39 is 15.1 Å². The fourth-order valence-corrected chi connectivity index (χ4v) is 4.29. The van der Waals surface area contributed by atoms with E-state index in [4.69, 9.17) is 0 Å². The molecule has 0 aliphatic heterocycles. The number of sulfone groups is 1. The Morgan fingerprint density at radius 3 is 2.12 bits per heavy atom. The van der Waals surface area contributed by atoms with Gasteiger partial charge in [0.2, 0.25) is 9.84 Å². The molecule has 1 aromatic carbocycles. The van der Waals surface area contributed by atoms with Crippen LogP contribution in [0.5, 0.6) is 0 Å². The number of hydrogen-bond donors (Lipinski definition) is 0. The number of hydrogen-bond acceptors (Lipinski definition) is 3. The van der Waals surface area contributed by atoms with E-state index in [1.165, 1.54) is 18.3 Å². The van der Waals surface area contributed by atoms with E-state index in [9.17, 15) is 13.6 Å². The summed E-state index contributed by atoms with van der Waals surface area (Å²) >= 11 is 0. The highest BCUT2D eigenvalue weighted by atomic mass is 32.2.